The predicted octanol–water partition coefficient (Wildman–Crippen LogP) is 3.50. The molecule has 190 valence electrons. The van der Waals surface area contributed by atoms with Crippen LogP contribution in [-0.4, -0.2) is 54.7 Å². The van der Waals surface area contributed by atoms with E-state index in [1.54, 1.807) is 7.11 Å². The van der Waals surface area contributed by atoms with Crippen LogP contribution in [0, 0.1) is 40.9 Å². The maximum absolute atomic E-state index is 13.4. The molecule has 7 nitrogen and oxygen atoms in total. The second-order valence-corrected chi connectivity index (χ2v) is 14.1. The van der Waals surface area contributed by atoms with Gasteiger partial charge in [-0.3, -0.25) is 9.48 Å². The molecule has 8 heteroatoms. The van der Waals surface area contributed by atoms with Gasteiger partial charge in [-0.1, -0.05) is 6.92 Å². The molecule has 0 bridgehead atoms. The van der Waals surface area contributed by atoms with Gasteiger partial charge in [-0.25, -0.2) is 8.42 Å². The number of ketones is 1. The molecule has 5 rings (SSSR count). The summed E-state index contributed by atoms with van der Waals surface area (Å²) in [5.74, 6) is 3.53. The SMILES string of the molecule is COC[C@@]1(O)CC[C@H]2[C@H](CC[C@@H]3[C@@H]2CC[C@]2(C)[C@@H](C(=O)Cn4cc(S(C)(=O)=O)cn4)CC[C@@H]32)C1. The highest BCUT2D eigenvalue weighted by Gasteiger charge is 2.59. The largest absolute Gasteiger partial charge is 0.387 e. The Morgan fingerprint density at radius 3 is 2.62 bits per heavy atom. The van der Waals surface area contributed by atoms with Gasteiger partial charge < -0.3 is 9.84 Å². The quantitative estimate of drug-likeness (QED) is 0.653. The Balaban J connectivity index is 1.27. The summed E-state index contributed by atoms with van der Waals surface area (Å²) in [6, 6.07) is 0. The smallest absolute Gasteiger partial charge is 0.178 e. The molecule has 4 aliphatic carbocycles. The number of hydrogen-bond acceptors (Lipinski definition) is 6. The first-order chi connectivity index (χ1) is 16.0. The summed E-state index contributed by atoms with van der Waals surface area (Å²) in [6.45, 7) is 2.94. The lowest BCUT2D eigenvalue weighted by Crippen LogP contribution is -2.52. The number of carbonyl (C=O) groups is 1. The molecule has 1 aromatic heterocycles. The Morgan fingerprint density at radius 2 is 1.91 bits per heavy atom. The van der Waals surface area contributed by atoms with Crippen molar-refractivity contribution < 1.29 is 23.1 Å². The first kappa shape index (κ1) is 24.4. The van der Waals surface area contributed by atoms with E-state index in [0.29, 0.717) is 30.3 Å². The van der Waals surface area contributed by atoms with Gasteiger partial charge in [0.2, 0.25) is 0 Å². The molecule has 0 amide bonds. The summed E-state index contributed by atoms with van der Waals surface area (Å²) in [5.41, 5.74) is -0.621. The standard InChI is InChI=1S/C26H40N2O5S/c1-25-10-8-20-19-9-11-26(30,16-33-2)12-17(19)4-5-21(20)22(25)6-7-23(25)24(29)15-28-14-18(13-27-28)34(3,31)32/h13-14,17,19-23,30H,4-12,15-16H2,1-3H3/t17-,19+,20-,21-,22+,23-,25+,26-/m1/s1. The highest BCUT2D eigenvalue weighted by molar-refractivity contribution is 7.90. The Morgan fingerprint density at radius 1 is 1.15 bits per heavy atom. The third kappa shape index (κ3) is 4.17. The second kappa shape index (κ2) is 8.70. The third-order valence-corrected chi connectivity index (χ3v) is 11.3. The second-order valence-electron chi connectivity index (χ2n) is 12.1. The number of ether oxygens (including phenoxy) is 1. The van der Waals surface area contributed by atoms with Gasteiger partial charge in [0.1, 0.15) is 4.90 Å². The number of methoxy groups -OCH3 is 1. The van der Waals surface area contributed by atoms with E-state index >= 15 is 0 Å². The molecule has 1 heterocycles. The first-order valence-electron chi connectivity index (χ1n) is 13.0. The van der Waals surface area contributed by atoms with Crippen LogP contribution in [0.4, 0.5) is 0 Å². The number of fused-ring (bicyclic) bond motifs is 5. The monoisotopic (exact) mass is 492 g/mol. The van der Waals surface area contributed by atoms with Gasteiger partial charge in [-0.15, -0.1) is 0 Å². The normalized spacial score (nSPS) is 42.0. The number of sulfone groups is 1. The fourth-order valence-electron chi connectivity index (χ4n) is 8.78. The van der Waals surface area contributed by atoms with Crippen LogP contribution in [0.5, 0.6) is 0 Å². The van der Waals surface area contributed by atoms with Crippen LogP contribution in [0.25, 0.3) is 0 Å². The average Bonchev–Trinajstić information content (AvgIpc) is 3.37. The van der Waals surface area contributed by atoms with Crippen LogP contribution in [0.1, 0.15) is 64.7 Å². The molecule has 0 saturated heterocycles. The Labute approximate surface area is 203 Å². The summed E-state index contributed by atoms with van der Waals surface area (Å²) >= 11 is 0. The molecular weight excluding hydrogens is 452 g/mol. The van der Waals surface area contributed by atoms with E-state index in [1.807, 2.05) is 0 Å². The summed E-state index contributed by atoms with van der Waals surface area (Å²) < 4.78 is 30.4. The topological polar surface area (TPSA) is 98.5 Å². The van der Waals surface area contributed by atoms with Crippen LogP contribution >= 0.6 is 0 Å². The van der Waals surface area contributed by atoms with E-state index in [1.165, 1.54) is 36.3 Å². The molecule has 0 unspecified atom stereocenters. The number of rotatable bonds is 6. The maximum Gasteiger partial charge on any atom is 0.178 e. The molecular formula is C26H40N2O5S. The number of aromatic nitrogens is 2. The maximum atomic E-state index is 13.4. The molecule has 0 aromatic carbocycles. The molecule has 4 aliphatic rings. The van der Waals surface area contributed by atoms with E-state index in [0.717, 1.165) is 50.7 Å². The van der Waals surface area contributed by atoms with Crippen LogP contribution in [0.2, 0.25) is 0 Å². The van der Waals surface area contributed by atoms with Crippen molar-refractivity contribution in [3.05, 3.63) is 12.4 Å². The molecule has 8 atom stereocenters. The third-order valence-electron chi connectivity index (χ3n) is 10.3. The van der Waals surface area contributed by atoms with E-state index < -0.39 is 15.4 Å². The van der Waals surface area contributed by atoms with Crippen molar-refractivity contribution in [3.63, 3.8) is 0 Å². The Kier molecular flexibility index (Phi) is 6.25. The summed E-state index contributed by atoms with van der Waals surface area (Å²) in [5, 5.41) is 15.1. The van der Waals surface area contributed by atoms with E-state index in [2.05, 4.69) is 12.0 Å². The Hall–Kier alpha value is -1.25. The zero-order valence-electron chi connectivity index (χ0n) is 20.8. The molecule has 0 spiro atoms. The first-order valence-corrected chi connectivity index (χ1v) is 14.9. The van der Waals surface area contributed by atoms with Crippen LogP contribution in [0.3, 0.4) is 0 Å². The highest BCUT2D eigenvalue weighted by atomic mass is 32.2. The van der Waals surface area contributed by atoms with Crippen LogP contribution in [0.15, 0.2) is 17.3 Å². The fourth-order valence-corrected chi connectivity index (χ4v) is 9.34. The van der Waals surface area contributed by atoms with Crippen molar-refractivity contribution in [2.24, 2.45) is 40.9 Å². The van der Waals surface area contributed by atoms with Crippen molar-refractivity contribution in [1.29, 1.82) is 0 Å². The van der Waals surface area contributed by atoms with Crippen molar-refractivity contribution in [2.45, 2.75) is 81.8 Å². The van der Waals surface area contributed by atoms with E-state index in [4.69, 9.17) is 4.74 Å². The van der Waals surface area contributed by atoms with Crippen LogP contribution in [-0.2, 0) is 25.9 Å². The molecule has 1 N–H and O–H groups in total. The average molecular weight is 493 g/mol. The van der Waals surface area contributed by atoms with Crippen molar-refractivity contribution in [3.8, 4) is 0 Å². The molecule has 4 fully saturated rings. The number of Topliss-reactive ketones (excluding diaryl/α,β-unsaturated/α-hetero) is 1. The van der Waals surface area contributed by atoms with Crippen molar-refractivity contribution >= 4 is 15.6 Å². The van der Waals surface area contributed by atoms with Gasteiger partial charge >= 0.3 is 0 Å². The fraction of sp³-hybridized carbons (Fsp3) is 0.846. The minimum atomic E-state index is -3.32. The lowest BCUT2D eigenvalue weighted by atomic mass is 9.49. The van der Waals surface area contributed by atoms with E-state index in [-0.39, 0.29) is 28.6 Å². The number of aliphatic hydroxyl groups is 1. The Bertz CT molecular complexity index is 1040. The molecule has 0 radical (unpaired) electrons. The highest BCUT2D eigenvalue weighted by Crippen LogP contribution is 2.64. The van der Waals surface area contributed by atoms with Crippen LogP contribution < -0.4 is 0 Å². The number of nitrogens with zero attached hydrogens (tertiary/aromatic N) is 2. The zero-order valence-corrected chi connectivity index (χ0v) is 21.6. The number of hydrogen-bond donors (Lipinski definition) is 1. The lowest BCUT2D eigenvalue weighted by molar-refractivity contribution is -0.136. The predicted molar refractivity (Wildman–Crippen MR) is 128 cm³/mol. The molecule has 34 heavy (non-hydrogen) atoms. The van der Waals surface area contributed by atoms with Crippen molar-refractivity contribution in [2.75, 3.05) is 20.0 Å². The van der Waals surface area contributed by atoms with Gasteiger partial charge in [0.05, 0.1) is 24.9 Å². The van der Waals surface area contributed by atoms with Gasteiger partial charge in [0.25, 0.3) is 0 Å². The van der Waals surface area contributed by atoms with Gasteiger partial charge in [-0.2, -0.15) is 5.10 Å². The van der Waals surface area contributed by atoms with Gasteiger partial charge in [0, 0.05) is 25.5 Å². The lowest BCUT2D eigenvalue weighted by Gasteiger charge is -2.57. The number of carbonyl (C=O) groups excluding carboxylic acids is 1. The van der Waals surface area contributed by atoms with Gasteiger partial charge in [-0.05, 0) is 92.8 Å². The minimum absolute atomic E-state index is 0.0280. The summed E-state index contributed by atoms with van der Waals surface area (Å²) in [4.78, 5) is 13.6. The molecule has 0 aliphatic heterocycles. The summed E-state index contributed by atoms with van der Waals surface area (Å²) in [6.07, 6.45) is 13.5. The summed E-state index contributed by atoms with van der Waals surface area (Å²) in [7, 11) is -1.64. The zero-order chi connectivity index (χ0) is 24.3. The molecule has 1 aromatic rings. The van der Waals surface area contributed by atoms with Gasteiger partial charge in [0.15, 0.2) is 15.6 Å². The minimum Gasteiger partial charge on any atom is -0.387 e. The molecule has 4 saturated carbocycles. The van der Waals surface area contributed by atoms with E-state index in [9.17, 15) is 18.3 Å². The van der Waals surface area contributed by atoms with Crippen molar-refractivity contribution in [1.82, 2.24) is 9.78 Å².